The maximum Gasteiger partial charge on any atom is 0.367 e. The Balaban J connectivity index is 2.20. The van der Waals surface area contributed by atoms with Gasteiger partial charge in [0.1, 0.15) is 30.7 Å². The van der Waals surface area contributed by atoms with Crippen molar-refractivity contribution in [1.82, 2.24) is 14.9 Å². The molecule has 1 unspecified atom stereocenters. The van der Waals surface area contributed by atoms with Crippen LogP contribution in [0.15, 0.2) is 17.1 Å². The first kappa shape index (κ1) is 54.2. The Morgan fingerprint density at radius 1 is 0.879 bits per heavy atom. The molecule has 2 fully saturated rings. The maximum absolute atomic E-state index is 14.1. The van der Waals surface area contributed by atoms with Crippen LogP contribution in [0.25, 0.3) is 0 Å². The molecule has 1 aromatic rings. The highest BCUT2D eigenvalue weighted by molar-refractivity contribution is 7.41. The summed E-state index contributed by atoms with van der Waals surface area (Å²) < 4.78 is 68.8. The molecule has 28 heteroatoms. The molecule has 27 nitrogen and oxygen atoms in total. The van der Waals surface area contributed by atoms with Crippen LogP contribution < -0.4 is 16.3 Å². The Hall–Kier alpha value is -6.17. The van der Waals surface area contributed by atoms with E-state index in [-0.39, 0.29) is 12.2 Å². The van der Waals surface area contributed by atoms with Gasteiger partial charge >= 0.3 is 56.1 Å². The number of aromatic nitrogens is 2. The standard InChI is InChI=1S/C38H50N5O22P/c1-18(44)40-29-11-13-43(37(53)42-29)35-34(62-25(8)51)32(61-24(7)50)28(63-35)17-57-66(56-14-10-12-39)65-38(36(52)54-9)15-26(58-21(4)47)30(41-19(2)45)33(64-38)31(60-23(6)49)27(59-22(5)48)16-55-20(3)46/h11,13,26-28,30-35H,10,14-17H2,1-9H3,(H,41,45)(H,40,42,44,53)/t26-,27+,28+,30+,31+,32+,33+,34+,35+,38+,66?/m0/s1. The number of esters is 7. The van der Waals surface area contributed by atoms with Crippen molar-refractivity contribution in [3.05, 3.63) is 22.7 Å². The molecule has 3 heterocycles. The average molecular weight is 960 g/mol. The third-order valence-corrected chi connectivity index (χ3v) is 9.97. The summed E-state index contributed by atoms with van der Waals surface area (Å²) in [6, 6.07) is 1.51. The number of amides is 2. The summed E-state index contributed by atoms with van der Waals surface area (Å²) in [5.74, 6) is -11.3. The van der Waals surface area contributed by atoms with E-state index in [0.717, 1.165) is 66.3 Å². The smallest absolute Gasteiger partial charge is 0.367 e. The third-order valence-electron chi connectivity index (χ3n) is 8.77. The van der Waals surface area contributed by atoms with E-state index in [9.17, 15) is 53.2 Å². The first-order chi connectivity index (χ1) is 31.0. The molecule has 11 atom stereocenters. The molecule has 2 aliphatic heterocycles. The molecule has 0 spiro atoms. The number of rotatable bonds is 21. The largest absolute Gasteiger partial charge is 0.465 e. The van der Waals surface area contributed by atoms with E-state index in [1.54, 1.807) is 0 Å². The van der Waals surface area contributed by atoms with Gasteiger partial charge in [0.2, 0.25) is 11.8 Å². The fourth-order valence-electron chi connectivity index (χ4n) is 6.58. The number of methoxy groups -OCH3 is 1. The van der Waals surface area contributed by atoms with Crippen molar-refractivity contribution in [2.45, 2.75) is 129 Å². The minimum atomic E-state index is -3.04. The molecule has 2 N–H and O–H groups in total. The fourth-order valence-corrected chi connectivity index (χ4v) is 7.70. The second-order valence-electron chi connectivity index (χ2n) is 14.2. The molecule has 0 aromatic carbocycles. The zero-order chi connectivity index (χ0) is 49.5. The lowest BCUT2D eigenvalue weighted by atomic mass is 9.88. The summed E-state index contributed by atoms with van der Waals surface area (Å²) in [6.45, 7) is 6.27. The van der Waals surface area contributed by atoms with Crippen LogP contribution in [-0.4, -0.2) is 145 Å². The van der Waals surface area contributed by atoms with Gasteiger partial charge in [0.25, 0.3) is 5.79 Å². The number of nitriles is 1. The first-order valence-corrected chi connectivity index (χ1v) is 20.8. The minimum Gasteiger partial charge on any atom is -0.465 e. The zero-order valence-electron chi connectivity index (χ0n) is 37.2. The molecule has 0 radical (unpaired) electrons. The highest BCUT2D eigenvalue weighted by Gasteiger charge is 2.61. The summed E-state index contributed by atoms with van der Waals surface area (Å²) in [5, 5.41) is 14.2. The van der Waals surface area contributed by atoms with Gasteiger partial charge in [-0.1, -0.05) is 0 Å². The summed E-state index contributed by atoms with van der Waals surface area (Å²) in [7, 11) is -2.14. The SMILES string of the molecule is COC(=O)[C@]1(OP(OCCC#N)OC[C@H]2O[C@@H](n3ccc(NC(C)=O)nc3=O)[C@H](OC(C)=O)[C@@H]2OC(C)=O)C[C@H](OC(C)=O)[C@@H](NC(C)=O)[C@H]([C@H](OC(C)=O)[C@@H](COC(C)=O)OC(C)=O)O1. The van der Waals surface area contributed by atoms with Crippen molar-refractivity contribution < 1.29 is 99.4 Å². The molecule has 2 amide bonds. The molecule has 1 aromatic heterocycles. The van der Waals surface area contributed by atoms with Crippen molar-refractivity contribution in [2.24, 2.45) is 0 Å². The van der Waals surface area contributed by atoms with Gasteiger partial charge < -0.3 is 62.3 Å². The fraction of sp³-hybridized carbons (Fsp3) is 0.632. The van der Waals surface area contributed by atoms with Crippen LogP contribution in [0.3, 0.4) is 0 Å². The van der Waals surface area contributed by atoms with Gasteiger partial charge in [-0.05, 0) is 6.07 Å². The Morgan fingerprint density at radius 2 is 1.52 bits per heavy atom. The number of carbonyl (C=O) groups excluding carboxylic acids is 9. The normalized spacial score (nSPS) is 24.7. The third kappa shape index (κ3) is 15.8. The maximum atomic E-state index is 14.1. The first-order valence-electron chi connectivity index (χ1n) is 19.7. The van der Waals surface area contributed by atoms with Crippen molar-refractivity contribution >= 4 is 68.0 Å². The molecule has 0 aliphatic carbocycles. The van der Waals surface area contributed by atoms with Crippen LogP contribution in [0.2, 0.25) is 0 Å². The Kier molecular flexibility index (Phi) is 20.5. The Labute approximate surface area is 377 Å². The van der Waals surface area contributed by atoms with E-state index in [4.69, 9.17) is 56.2 Å². The minimum absolute atomic E-state index is 0.129. The molecule has 2 aliphatic rings. The number of nitrogens with zero attached hydrogens (tertiary/aromatic N) is 3. The van der Waals surface area contributed by atoms with Crippen molar-refractivity contribution in [2.75, 3.05) is 32.2 Å². The van der Waals surface area contributed by atoms with Gasteiger partial charge in [-0.15, -0.1) is 0 Å². The molecule has 3 rings (SSSR count). The number of hydrogen-bond donors (Lipinski definition) is 2. The predicted octanol–water partition coefficient (Wildman–Crippen LogP) is -0.326. The van der Waals surface area contributed by atoms with Crippen LogP contribution in [0.1, 0.15) is 74.5 Å². The molecular formula is C38H50N5O22P. The van der Waals surface area contributed by atoms with E-state index in [0.29, 0.717) is 0 Å². The number of nitrogens with one attached hydrogen (secondary N) is 2. The highest BCUT2D eigenvalue weighted by atomic mass is 31.2. The summed E-state index contributed by atoms with van der Waals surface area (Å²) in [6.07, 6.45) is -13.3. The monoisotopic (exact) mass is 959 g/mol. The molecular weight excluding hydrogens is 909 g/mol. The van der Waals surface area contributed by atoms with Crippen molar-refractivity contribution in [1.29, 1.82) is 5.26 Å². The molecule has 66 heavy (non-hydrogen) atoms. The predicted molar refractivity (Wildman–Crippen MR) is 213 cm³/mol. The highest BCUT2D eigenvalue weighted by Crippen LogP contribution is 2.50. The van der Waals surface area contributed by atoms with Crippen LogP contribution in [0.4, 0.5) is 5.82 Å². The van der Waals surface area contributed by atoms with Gasteiger partial charge in [0, 0.05) is 61.6 Å². The summed E-state index contributed by atoms with van der Waals surface area (Å²) in [5.41, 5.74) is -1.00. The van der Waals surface area contributed by atoms with E-state index in [1.807, 2.05) is 6.07 Å². The van der Waals surface area contributed by atoms with E-state index < -0.39 is 155 Å². The average Bonchev–Trinajstić information content (AvgIpc) is 3.51. The lowest BCUT2D eigenvalue weighted by molar-refractivity contribution is -0.291. The number of carbonyl (C=O) groups is 9. The Morgan fingerprint density at radius 3 is 2.05 bits per heavy atom. The van der Waals surface area contributed by atoms with Crippen LogP contribution in [0.5, 0.6) is 0 Å². The number of hydrogen-bond acceptors (Lipinski definition) is 24. The van der Waals surface area contributed by atoms with Crippen molar-refractivity contribution in [3.8, 4) is 6.07 Å². The number of anilines is 1. The second kappa shape index (κ2) is 24.9. The quantitative estimate of drug-likeness (QED) is 0.0689. The molecule has 2 saturated heterocycles. The Bertz CT molecular complexity index is 2080. The zero-order valence-corrected chi connectivity index (χ0v) is 38.1. The lowest BCUT2D eigenvalue weighted by Crippen LogP contribution is -2.69. The van der Waals surface area contributed by atoms with Crippen LogP contribution >= 0.6 is 8.60 Å². The van der Waals surface area contributed by atoms with E-state index in [2.05, 4.69) is 15.6 Å². The molecule has 0 bridgehead atoms. The topological polar surface area (TPSA) is 347 Å². The van der Waals surface area contributed by atoms with Crippen LogP contribution in [-0.2, 0) is 99.4 Å². The summed E-state index contributed by atoms with van der Waals surface area (Å²) >= 11 is 0. The van der Waals surface area contributed by atoms with Gasteiger partial charge in [-0.2, -0.15) is 10.2 Å². The van der Waals surface area contributed by atoms with Gasteiger partial charge in [-0.3, -0.25) is 47.4 Å². The molecule has 364 valence electrons. The van der Waals surface area contributed by atoms with E-state index >= 15 is 0 Å². The van der Waals surface area contributed by atoms with Gasteiger partial charge in [0.15, 0.2) is 30.6 Å². The lowest BCUT2D eigenvalue weighted by Gasteiger charge is -2.48. The molecule has 0 saturated carbocycles. The number of ether oxygens (including phenoxy) is 9. The van der Waals surface area contributed by atoms with Gasteiger partial charge in [0.05, 0.1) is 45.3 Å². The van der Waals surface area contributed by atoms with Gasteiger partial charge in [-0.25, -0.2) is 9.59 Å². The summed E-state index contributed by atoms with van der Waals surface area (Å²) in [4.78, 5) is 130. The second-order valence-corrected chi connectivity index (χ2v) is 15.3. The van der Waals surface area contributed by atoms with E-state index in [1.165, 1.54) is 13.0 Å². The van der Waals surface area contributed by atoms with Crippen molar-refractivity contribution in [3.63, 3.8) is 0 Å². The van der Waals surface area contributed by atoms with Crippen LogP contribution in [0, 0.1) is 11.3 Å².